The van der Waals surface area contributed by atoms with E-state index >= 15 is 0 Å². The fourth-order valence-corrected chi connectivity index (χ4v) is 4.91. The summed E-state index contributed by atoms with van der Waals surface area (Å²) >= 11 is 0. The SMILES string of the molecule is O=C(Nc1ccc2c(c1)CCC2)c1ccc(S(=O)(=O)N2CCCC2)o1. The molecule has 1 N–H and O–H groups in total. The van der Waals surface area contributed by atoms with E-state index in [4.69, 9.17) is 4.42 Å². The van der Waals surface area contributed by atoms with Crippen molar-refractivity contribution in [3.05, 3.63) is 47.2 Å². The van der Waals surface area contributed by atoms with Crippen molar-refractivity contribution in [2.45, 2.75) is 37.2 Å². The molecule has 0 spiro atoms. The summed E-state index contributed by atoms with van der Waals surface area (Å²) in [7, 11) is -3.65. The molecule has 0 unspecified atom stereocenters. The fraction of sp³-hybridized carbons (Fsp3) is 0.389. The summed E-state index contributed by atoms with van der Waals surface area (Å²) in [4.78, 5) is 12.4. The molecule has 6 nitrogen and oxygen atoms in total. The molecule has 2 heterocycles. The van der Waals surface area contributed by atoms with Gasteiger partial charge in [0.05, 0.1) is 0 Å². The average Bonchev–Trinajstić information content (AvgIpc) is 3.34. The number of sulfonamides is 1. The number of hydrogen-bond donors (Lipinski definition) is 1. The molecule has 132 valence electrons. The molecular formula is C18H20N2O4S. The standard InChI is InChI=1S/C18H20N2O4S/c21-18(19-15-7-6-13-4-3-5-14(13)12-15)16-8-9-17(24-16)25(22,23)20-10-1-2-11-20/h6-9,12H,1-5,10-11H2,(H,19,21). The van der Waals surface area contributed by atoms with Crippen molar-refractivity contribution in [2.75, 3.05) is 18.4 Å². The molecule has 2 aliphatic rings. The van der Waals surface area contributed by atoms with E-state index in [1.807, 2.05) is 18.2 Å². The predicted octanol–water partition coefficient (Wildman–Crippen LogP) is 2.81. The molecule has 0 bridgehead atoms. The highest BCUT2D eigenvalue weighted by molar-refractivity contribution is 7.89. The Labute approximate surface area is 146 Å². The Morgan fingerprint density at radius 1 is 1.00 bits per heavy atom. The van der Waals surface area contributed by atoms with Crippen molar-refractivity contribution in [3.8, 4) is 0 Å². The van der Waals surface area contributed by atoms with Crippen molar-refractivity contribution in [1.29, 1.82) is 0 Å². The Morgan fingerprint density at radius 3 is 2.56 bits per heavy atom. The third-order valence-corrected chi connectivity index (χ3v) is 6.59. The lowest BCUT2D eigenvalue weighted by Crippen LogP contribution is -2.27. The van der Waals surface area contributed by atoms with E-state index in [9.17, 15) is 13.2 Å². The third kappa shape index (κ3) is 3.09. The first kappa shape index (κ1) is 16.4. The van der Waals surface area contributed by atoms with E-state index in [2.05, 4.69) is 5.32 Å². The molecule has 1 aliphatic carbocycles. The summed E-state index contributed by atoms with van der Waals surface area (Å²) in [6.45, 7) is 0.999. The quantitative estimate of drug-likeness (QED) is 0.909. The van der Waals surface area contributed by atoms with Gasteiger partial charge in [-0.3, -0.25) is 4.79 Å². The zero-order valence-corrected chi connectivity index (χ0v) is 14.6. The van der Waals surface area contributed by atoms with Crippen LogP contribution in [0.15, 0.2) is 39.8 Å². The van der Waals surface area contributed by atoms with E-state index in [1.165, 1.54) is 27.6 Å². The molecule has 1 aromatic heterocycles. The van der Waals surface area contributed by atoms with Crippen LogP contribution in [0.5, 0.6) is 0 Å². The smallest absolute Gasteiger partial charge is 0.291 e. The van der Waals surface area contributed by atoms with Crippen LogP contribution in [0.25, 0.3) is 0 Å². The molecule has 1 amide bonds. The summed E-state index contributed by atoms with van der Waals surface area (Å²) in [6.07, 6.45) is 4.96. The van der Waals surface area contributed by atoms with Gasteiger partial charge in [0.15, 0.2) is 5.76 Å². The van der Waals surface area contributed by atoms with Crippen molar-refractivity contribution in [1.82, 2.24) is 4.31 Å². The van der Waals surface area contributed by atoms with Crippen LogP contribution in [0.1, 0.15) is 40.9 Å². The lowest BCUT2D eigenvalue weighted by molar-refractivity contribution is 0.0991. The molecule has 0 radical (unpaired) electrons. The molecular weight excluding hydrogens is 340 g/mol. The Balaban J connectivity index is 1.51. The molecule has 1 aliphatic heterocycles. The van der Waals surface area contributed by atoms with E-state index in [0.29, 0.717) is 18.8 Å². The number of nitrogens with one attached hydrogen (secondary N) is 1. The Hall–Kier alpha value is -2.12. The molecule has 2 aromatic rings. The third-order valence-electron chi connectivity index (χ3n) is 4.82. The van der Waals surface area contributed by atoms with Gasteiger partial charge < -0.3 is 9.73 Å². The molecule has 0 saturated carbocycles. The van der Waals surface area contributed by atoms with Crippen LogP contribution in [-0.2, 0) is 22.9 Å². The van der Waals surface area contributed by atoms with E-state index in [0.717, 1.165) is 32.1 Å². The number of carbonyl (C=O) groups is 1. The lowest BCUT2D eigenvalue weighted by Gasteiger charge is -2.12. The summed E-state index contributed by atoms with van der Waals surface area (Å²) in [5.41, 5.74) is 3.29. The normalized spacial score (nSPS) is 17.6. The average molecular weight is 360 g/mol. The topological polar surface area (TPSA) is 79.6 Å². The van der Waals surface area contributed by atoms with Gasteiger partial charge >= 0.3 is 0 Å². The van der Waals surface area contributed by atoms with Gasteiger partial charge in [0, 0.05) is 18.8 Å². The number of furan rings is 1. The number of hydrogen-bond acceptors (Lipinski definition) is 4. The van der Waals surface area contributed by atoms with Crippen LogP contribution >= 0.6 is 0 Å². The molecule has 4 rings (SSSR count). The highest BCUT2D eigenvalue weighted by atomic mass is 32.2. The Kier molecular flexibility index (Phi) is 4.13. The van der Waals surface area contributed by atoms with Crippen LogP contribution in [-0.4, -0.2) is 31.7 Å². The largest absolute Gasteiger partial charge is 0.438 e. The Bertz CT molecular complexity index is 911. The maximum absolute atomic E-state index is 12.5. The summed E-state index contributed by atoms with van der Waals surface area (Å²) in [5, 5.41) is 2.61. The highest BCUT2D eigenvalue weighted by Gasteiger charge is 2.30. The lowest BCUT2D eigenvalue weighted by atomic mass is 10.1. The second-order valence-corrected chi connectivity index (χ2v) is 8.39. The van der Waals surface area contributed by atoms with Crippen LogP contribution < -0.4 is 5.32 Å². The van der Waals surface area contributed by atoms with Gasteiger partial charge in [-0.05, 0) is 67.5 Å². The number of anilines is 1. The van der Waals surface area contributed by atoms with Gasteiger partial charge in [-0.25, -0.2) is 8.42 Å². The van der Waals surface area contributed by atoms with Gasteiger partial charge in [-0.2, -0.15) is 4.31 Å². The second kappa shape index (κ2) is 6.31. The molecule has 0 atom stereocenters. The minimum atomic E-state index is -3.65. The van der Waals surface area contributed by atoms with Crippen LogP contribution in [0.2, 0.25) is 0 Å². The minimum absolute atomic E-state index is 0.00160. The second-order valence-electron chi connectivity index (χ2n) is 6.52. The van der Waals surface area contributed by atoms with Crippen LogP contribution in [0, 0.1) is 0 Å². The predicted molar refractivity (Wildman–Crippen MR) is 93.1 cm³/mol. The number of amides is 1. The van der Waals surface area contributed by atoms with Gasteiger partial charge in [0.2, 0.25) is 5.09 Å². The zero-order chi connectivity index (χ0) is 17.4. The zero-order valence-electron chi connectivity index (χ0n) is 13.8. The summed E-state index contributed by atoms with van der Waals surface area (Å²) < 4.78 is 31.7. The minimum Gasteiger partial charge on any atom is -0.438 e. The molecule has 25 heavy (non-hydrogen) atoms. The Morgan fingerprint density at radius 2 is 1.76 bits per heavy atom. The molecule has 1 fully saturated rings. The first-order valence-corrected chi connectivity index (χ1v) is 10.0. The van der Waals surface area contributed by atoms with Crippen molar-refractivity contribution >= 4 is 21.6 Å². The van der Waals surface area contributed by atoms with Gasteiger partial charge in [0.25, 0.3) is 15.9 Å². The van der Waals surface area contributed by atoms with Crippen LogP contribution in [0.3, 0.4) is 0 Å². The van der Waals surface area contributed by atoms with Crippen molar-refractivity contribution < 1.29 is 17.6 Å². The van der Waals surface area contributed by atoms with E-state index in [-0.39, 0.29) is 10.9 Å². The van der Waals surface area contributed by atoms with E-state index in [1.54, 1.807) is 0 Å². The number of carbonyl (C=O) groups excluding carboxylic acids is 1. The maximum atomic E-state index is 12.5. The van der Waals surface area contributed by atoms with Gasteiger partial charge in [-0.15, -0.1) is 0 Å². The van der Waals surface area contributed by atoms with Gasteiger partial charge in [-0.1, -0.05) is 6.07 Å². The fourth-order valence-electron chi connectivity index (χ4n) is 3.48. The molecule has 1 saturated heterocycles. The number of rotatable bonds is 4. The van der Waals surface area contributed by atoms with Crippen molar-refractivity contribution in [3.63, 3.8) is 0 Å². The van der Waals surface area contributed by atoms with E-state index < -0.39 is 15.9 Å². The first-order valence-electron chi connectivity index (χ1n) is 8.57. The number of nitrogens with zero attached hydrogens (tertiary/aromatic N) is 1. The van der Waals surface area contributed by atoms with Gasteiger partial charge in [0.1, 0.15) is 0 Å². The number of benzene rings is 1. The monoisotopic (exact) mass is 360 g/mol. The molecule has 1 aromatic carbocycles. The summed E-state index contributed by atoms with van der Waals surface area (Å²) in [6, 6.07) is 8.64. The summed E-state index contributed by atoms with van der Waals surface area (Å²) in [5.74, 6) is -0.445. The number of aryl methyl sites for hydroxylation is 2. The van der Waals surface area contributed by atoms with Crippen molar-refractivity contribution in [2.24, 2.45) is 0 Å². The number of fused-ring (bicyclic) bond motifs is 1. The van der Waals surface area contributed by atoms with Crippen LogP contribution in [0.4, 0.5) is 5.69 Å². The highest BCUT2D eigenvalue weighted by Crippen LogP contribution is 2.26. The first-order chi connectivity index (χ1) is 12.0. The molecule has 7 heteroatoms. The maximum Gasteiger partial charge on any atom is 0.291 e.